The second-order valence-corrected chi connectivity index (χ2v) is 10.6. The highest BCUT2D eigenvalue weighted by Crippen LogP contribution is 2.27. The maximum Gasteiger partial charge on any atom is 0.242 e. The second-order valence-electron chi connectivity index (χ2n) is 7.78. The van der Waals surface area contributed by atoms with Crippen molar-refractivity contribution in [2.45, 2.75) is 50.6 Å². The molecule has 0 aromatic heterocycles. The molecule has 0 aliphatic heterocycles. The van der Waals surface area contributed by atoms with Crippen LogP contribution in [0.1, 0.15) is 38.7 Å². The Morgan fingerprint density at radius 1 is 1.00 bits per heavy atom. The molecule has 0 aliphatic carbocycles. The van der Waals surface area contributed by atoms with Gasteiger partial charge in [-0.1, -0.05) is 54.4 Å². The van der Waals surface area contributed by atoms with E-state index >= 15 is 0 Å². The molecule has 10 heteroatoms. The van der Waals surface area contributed by atoms with Gasteiger partial charge in [-0.3, -0.25) is 9.59 Å². The number of carbonyl (C=O) groups is 2. The number of carbonyl (C=O) groups excluding carboxylic acids is 2. The van der Waals surface area contributed by atoms with E-state index in [1.54, 1.807) is 36.4 Å². The van der Waals surface area contributed by atoms with Gasteiger partial charge in [0.1, 0.15) is 6.04 Å². The third-order valence-corrected chi connectivity index (χ3v) is 8.02. The van der Waals surface area contributed by atoms with E-state index in [-0.39, 0.29) is 36.2 Å². The molecule has 1 atom stereocenters. The van der Waals surface area contributed by atoms with E-state index in [1.807, 2.05) is 13.8 Å². The molecule has 34 heavy (non-hydrogen) atoms. The Labute approximate surface area is 212 Å². The van der Waals surface area contributed by atoms with E-state index < -0.39 is 16.1 Å². The van der Waals surface area contributed by atoms with Crippen molar-refractivity contribution < 1.29 is 18.0 Å². The van der Waals surface area contributed by atoms with Gasteiger partial charge in [0.25, 0.3) is 0 Å². The summed E-state index contributed by atoms with van der Waals surface area (Å²) in [4.78, 5) is 27.6. The number of hydrogen-bond acceptors (Lipinski definition) is 4. The van der Waals surface area contributed by atoms with Crippen LogP contribution in [0.5, 0.6) is 0 Å². The lowest BCUT2D eigenvalue weighted by atomic mass is 10.1. The van der Waals surface area contributed by atoms with Crippen molar-refractivity contribution in [3.05, 3.63) is 64.1 Å². The first-order chi connectivity index (χ1) is 16.1. The molecule has 2 amide bonds. The summed E-state index contributed by atoms with van der Waals surface area (Å²) in [6.07, 6.45) is 0.758. The highest BCUT2D eigenvalue weighted by molar-refractivity contribution is 7.89. The van der Waals surface area contributed by atoms with Crippen molar-refractivity contribution in [2.24, 2.45) is 0 Å². The topological polar surface area (TPSA) is 86.8 Å². The van der Waals surface area contributed by atoms with Crippen molar-refractivity contribution >= 4 is 45.0 Å². The summed E-state index contributed by atoms with van der Waals surface area (Å²) < 4.78 is 26.7. The molecule has 7 nitrogen and oxygen atoms in total. The molecular formula is C24H31Cl2N3O4S. The molecular weight excluding hydrogens is 497 g/mol. The lowest BCUT2D eigenvalue weighted by Gasteiger charge is -2.31. The van der Waals surface area contributed by atoms with Crippen LogP contribution in [-0.2, 0) is 26.2 Å². The summed E-state index contributed by atoms with van der Waals surface area (Å²) in [5.74, 6) is -0.537. The molecule has 2 aromatic rings. The summed E-state index contributed by atoms with van der Waals surface area (Å²) in [6, 6.07) is 12.5. The van der Waals surface area contributed by atoms with Gasteiger partial charge in [-0.05, 0) is 44.0 Å². The van der Waals surface area contributed by atoms with Gasteiger partial charge in [-0.25, -0.2) is 12.7 Å². The molecule has 0 aliphatic rings. The van der Waals surface area contributed by atoms with Crippen LogP contribution in [0.15, 0.2) is 53.4 Å². The van der Waals surface area contributed by atoms with E-state index in [2.05, 4.69) is 5.32 Å². The van der Waals surface area contributed by atoms with Crippen molar-refractivity contribution in [2.75, 3.05) is 20.1 Å². The monoisotopic (exact) mass is 527 g/mol. The number of benzene rings is 2. The first kappa shape index (κ1) is 28.1. The molecule has 0 unspecified atom stereocenters. The second kappa shape index (κ2) is 13.1. The Kier molecular flexibility index (Phi) is 10.8. The highest BCUT2D eigenvalue weighted by atomic mass is 35.5. The maximum absolute atomic E-state index is 13.3. The molecule has 0 fully saturated rings. The third-order valence-electron chi connectivity index (χ3n) is 5.44. The largest absolute Gasteiger partial charge is 0.355 e. The van der Waals surface area contributed by atoms with Crippen molar-refractivity contribution in [1.29, 1.82) is 0 Å². The number of sulfonamides is 1. The van der Waals surface area contributed by atoms with Crippen LogP contribution in [0.3, 0.4) is 0 Å². The van der Waals surface area contributed by atoms with Crippen molar-refractivity contribution in [3.63, 3.8) is 0 Å². The highest BCUT2D eigenvalue weighted by Gasteiger charge is 2.29. The quantitative estimate of drug-likeness (QED) is 0.444. The first-order valence-corrected chi connectivity index (χ1v) is 13.3. The molecule has 0 bridgehead atoms. The van der Waals surface area contributed by atoms with E-state index in [0.717, 1.165) is 0 Å². The summed E-state index contributed by atoms with van der Waals surface area (Å²) in [5, 5.41) is 3.59. The summed E-state index contributed by atoms with van der Waals surface area (Å²) in [6.45, 7) is 4.30. The van der Waals surface area contributed by atoms with Crippen LogP contribution in [0.25, 0.3) is 0 Å². The Bertz CT molecular complexity index is 1060. The van der Waals surface area contributed by atoms with Crippen LogP contribution < -0.4 is 5.32 Å². The van der Waals surface area contributed by atoms with E-state index in [1.165, 1.54) is 28.4 Å². The van der Waals surface area contributed by atoms with Crippen LogP contribution in [0.2, 0.25) is 10.0 Å². The van der Waals surface area contributed by atoms with Crippen LogP contribution in [-0.4, -0.2) is 55.6 Å². The van der Waals surface area contributed by atoms with E-state index in [0.29, 0.717) is 35.0 Å². The molecule has 0 saturated heterocycles. The van der Waals surface area contributed by atoms with Gasteiger partial charge in [0.15, 0.2) is 0 Å². The fourth-order valence-electron chi connectivity index (χ4n) is 3.55. The van der Waals surface area contributed by atoms with Crippen LogP contribution in [0.4, 0.5) is 0 Å². The minimum atomic E-state index is -3.65. The van der Waals surface area contributed by atoms with Crippen molar-refractivity contribution in [1.82, 2.24) is 14.5 Å². The zero-order valence-corrected chi connectivity index (χ0v) is 22.0. The molecule has 186 valence electrons. The Morgan fingerprint density at radius 3 is 2.18 bits per heavy atom. The minimum absolute atomic E-state index is 0.0621. The summed E-state index contributed by atoms with van der Waals surface area (Å²) in [5.41, 5.74) is 0.561. The van der Waals surface area contributed by atoms with Gasteiger partial charge in [0, 0.05) is 48.7 Å². The lowest BCUT2D eigenvalue weighted by Crippen LogP contribution is -2.49. The zero-order valence-electron chi connectivity index (χ0n) is 19.6. The van der Waals surface area contributed by atoms with Gasteiger partial charge < -0.3 is 10.2 Å². The summed E-state index contributed by atoms with van der Waals surface area (Å²) >= 11 is 12.6. The van der Waals surface area contributed by atoms with Gasteiger partial charge >= 0.3 is 0 Å². The number of nitrogens with zero attached hydrogens (tertiary/aromatic N) is 2. The first-order valence-electron chi connectivity index (χ1n) is 11.1. The van der Waals surface area contributed by atoms with E-state index in [9.17, 15) is 18.0 Å². The Hall–Kier alpha value is -2.13. The molecule has 0 heterocycles. The van der Waals surface area contributed by atoms with E-state index in [4.69, 9.17) is 23.2 Å². The fourth-order valence-corrected chi connectivity index (χ4v) is 5.30. The minimum Gasteiger partial charge on any atom is -0.355 e. The average molecular weight is 529 g/mol. The van der Waals surface area contributed by atoms with Gasteiger partial charge in [-0.2, -0.15) is 0 Å². The molecule has 1 N–H and O–H groups in total. The average Bonchev–Trinajstić information content (AvgIpc) is 2.81. The number of nitrogens with one attached hydrogen (secondary N) is 1. The van der Waals surface area contributed by atoms with Gasteiger partial charge in [0.05, 0.1) is 4.90 Å². The molecule has 0 radical (unpaired) electrons. The van der Waals surface area contributed by atoms with Gasteiger partial charge in [-0.15, -0.1) is 0 Å². The lowest BCUT2D eigenvalue weighted by molar-refractivity contribution is -0.141. The van der Waals surface area contributed by atoms with Gasteiger partial charge in [0.2, 0.25) is 21.8 Å². The third kappa shape index (κ3) is 7.18. The molecule has 0 saturated carbocycles. The predicted molar refractivity (Wildman–Crippen MR) is 135 cm³/mol. The zero-order chi connectivity index (χ0) is 25.3. The number of rotatable bonds is 12. The van der Waals surface area contributed by atoms with Crippen LogP contribution in [0, 0.1) is 0 Å². The maximum atomic E-state index is 13.3. The van der Waals surface area contributed by atoms with Crippen molar-refractivity contribution in [3.8, 4) is 0 Å². The number of halogens is 2. The number of hydrogen-bond donors (Lipinski definition) is 1. The molecule has 2 aromatic carbocycles. The Balaban J connectivity index is 2.17. The normalized spacial score (nSPS) is 12.4. The predicted octanol–water partition coefficient (Wildman–Crippen LogP) is 4.34. The van der Waals surface area contributed by atoms with Crippen LogP contribution >= 0.6 is 23.2 Å². The molecule has 2 rings (SSSR count). The number of amides is 2. The number of likely N-dealkylation sites (N-methyl/N-ethyl adjacent to an activating group) is 1. The standard InChI is InChI=1S/C24H31Cl2N3O4S/c1-4-22(24(31)27-5-2)29(17-19-20(25)13-9-14-21(19)26)23(30)15-10-16-28(3)34(32,33)18-11-7-6-8-12-18/h6-9,11-14,22H,4-5,10,15-17H2,1-3H3,(H,27,31)/t22-/m0/s1. The molecule has 0 spiro atoms. The SMILES string of the molecule is CCNC(=O)[C@H](CC)N(Cc1c(Cl)cccc1Cl)C(=O)CCCN(C)S(=O)(=O)c1ccccc1. The summed E-state index contributed by atoms with van der Waals surface area (Å²) in [7, 11) is -2.17. The fraction of sp³-hybridized carbons (Fsp3) is 0.417. The Morgan fingerprint density at radius 2 is 1.62 bits per heavy atom. The smallest absolute Gasteiger partial charge is 0.242 e.